The molecule has 1 unspecified atom stereocenters. The first kappa shape index (κ1) is 20.8. The standard InChI is InChI=1S/C22H22N4O4S/c1-29-17-8-7-13(11-18(17)30-2)9-10-23-19(27)12-16-21(28)25-20-14-5-3-4-6-15(14)24-22(31)26(16)20/h3-8,11,16H,9-10,12H2,1-2H3,(H,23,27)(H,25,28). The van der Waals surface area contributed by atoms with Gasteiger partial charge in [0.1, 0.15) is 11.9 Å². The Bertz CT molecular complexity index is 1220. The summed E-state index contributed by atoms with van der Waals surface area (Å²) >= 11 is 5.39. The van der Waals surface area contributed by atoms with Crippen molar-refractivity contribution >= 4 is 40.8 Å². The molecule has 1 atom stereocenters. The van der Waals surface area contributed by atoms with Crippen molar-refractivity contribution in [3.8, 4) is 11.5 Å². The van der Waals surface area contributed by atoms with Crippen LogP contribution in [0.25, 0.3) is 10.9 Å². The second-order valence-corrected chi connectivity index (χ2v) is 7.49. The molecule has 4 rings (SSSR count). The number of rotatable bonds is 7. The maximum absolute atomic E-state index is 12.6. The molecule has 0 spiro atoms. The van der Waals surface area contributed by atoms with E-state index in [-0.39, 0.29) is 23.0 Å². The second-order valence-electron chi connectivity index (χ2n) is 7.13. The minimum absolute atomic E-state index is 0.0148. The molecular formula is C22H22N4O4S. The molecule has 0 saturated heterocycles. The van der Waals surface area contributed by atoms with Crippen LogP contribution in [0.1, 0.15) is 18.0 Å². The number of amides is 2. The minimum atomic E-state index is -0.722. The molecule has 9 heteroatoms. The number of hydrogen-bond acceptors (Lipinski definition) is 6. The van der Waals surface area contributed by atoms with Crippen LogP contribution in [0.3, 0.4) is 0 Å². The Morgan fingerprint density at radius 2 is 1.97 bits per heavy atom. The summed E-state index contributed by atoms with van der Waals surface area (Å²) < 4.78 is 12.4. The molecular weight excluding hydrogens is 416 g/mol. The van der Waals surface area contributed by atoms with Crippen LogP contribution in [0.5, 0.6) is 11.5 Å². The van der Waals surface area contributed by atoms with Gasteiger partial charge in [0.05, 0.1) is 26.2 Å². The first-order chi connectivity index (χ1) is 15.0. The van der Waals surface area contributed by atoms with Crippen LogP contribution in [0.2, 0.25) is 0 Å². The second kappa shape index (κ2) is 8.73. The van der Waals surface area contributed by atoms with Crippen molar-refractivity contribution in [2.24, 2.45) is 0 Å². The summed E-state index contributed by atoms with van der Waals surface area (Å²) in [6.07, 6.45) is 0.601. The van der Waals surface area contributed by atoms with E-state index in [1.54, 1.807) is 18.8 Å². The highest BCUT2D eigenvalue weighted by Crippen LogP contribution is 2.33. The quantitative estimate of drug-likeness (QED) is 0.551. The fourth-order valence-electron chi connectivity index (χ4n) is 3.70. The summed E-state index contributed by atoms with van der Waals surface area (Å²) in [6.45, 7) is 0.427. The van der Waals surface area contributed by atoms with Gasteiger partial charge in [0.25, 0.3) is 0 Å². The zero-order valence-corrected chi connectivity index (χ0v) is 18.0. The summed E-state index contributed by atoms with van der Waals surface area (Å²) in [5, 5.41) is 6.52. The number of methoxy groups -OCH3 is 2. The number of para-hydroxylation sites is 1. The van der Waals surface area contributed by atoms with Crippen LogP contribution >= 0.6 is 12.2 Å². The molecule has 0 saturated carbocycles. The number of nitrogens with one attached hydrogen (secondary N) is 2. The fourth-order valence-corrected chi connectivity index (χ4v) is 4.02. The van der Waals surface area contributed by atoms with Crippen LogP contribution in [0, 0.1) is 4.77 Å². The number of anilines is 1. The van der Waals surface area contributed by atoms with Crippen molar-refractivity contribution in [2.45, 2.75) is 18.9 Å². The lowest BCUT2D eigenvalue weighted by molar-refractivity contribution is -0.126. The molecule has 160 valence electrons. The van der Waals surface area contributed by atoms with Crippen LogP contribution in [-0.2, 0) is 16.0 Å². The number of aromatic nitrogens is 2. The lowest BCUT2D eigenvalue weighted by Gasteiger charge is -2.13. The van der Waals surface area contributed by atoms with E-state index < -0.39 is 6.04 Å². The lowest BCUT2D eigenvalue weighted by Crippen LogP contribution is -2.30. The van der Waals surface area contributed by atoms with E-state index in [0.29, 0.717) is 35.8 Å². The number of carbonyl (C=O) groups excluding carboxylic acids is 2. The van der Waals surface area contributed by atoms with E-state index in [1.807, 2.05) is 42.5 Å². The molecule has 1 aliphatic rings. The van der Waals surface area contributed by atoms with Crippen LogP contribution in [0.15, 0.2) is 42.5 Å². The summed E-state index contributed by atoms with van der Waals surface area (Å²) in [7, 11) is 3.16. The molecule has 2 heterocycles. The molecule has 2 amide bonds. The minimum Gasteiger partial charge on any atom is -0.493 e. The number of nitrogens with zero attached hydrogens (tertiary/aromatic N) is 2. The maximum atomic E-state index is 12.6. The van der Waals surface area contributed by atoms with E-state index in [1.165, 1.54) is 0 Å². The van der Waals surface area contributed by atoms with Crippen molar-refractivity contribution in [1.29, 1.82) is 0 Å². The molecule has 8 nitrogen and oxygen atoms in total. The van der Waals surface area contributed by atoms with Gasteiger partial charge in [0, 0.05) is 11.9 Å². The predicted molar refractivity (Wildman–Crippen MR) is 119 cm³/mol. The number of ether oxygens (including phenoxy) is 2. The van der Waals surface area contributed by atoms with E-state index in [9.17, 15) is 9.59 Å². The number of benzene rings is 2. The molecule has 0 fully saturated rings. The number of hydrogen-bond donors (Lipinski definition) is 2. The van der Waals surface area contributed by atoms with Gasteiger partial charge < -0.3 is 20.1 Å². The zero-order valence-electron chi connectivity index (χ0n) is 17.2. The summed E-state index contributed by atoms with van der Waals surface area (Å²) in [4.78, 5) is 29.5. The van der Waals surface area contributed by atoms with Crippen LogP contribution in [0.4, 0.5) is 5.82 Å². The van der Waals surface area contributed by atoms with Crippen molar-refractivity contribution in [3.63, 3.8) is 0 Å². The Morgan fingerprint density at radius 3 is 2.74 bits per heavy atom. The summed E-state index contributed by atoms with van der Waals surface area (Å²) in [6, 6.07) is 12.3. The first-order valence-corrected chi connectivity index (χ1v) is 10.2. The third kappa shape index (κ3) is 4.09. The van der Waals surface area contributed by atoms with Gasteiger partial charge in [-0.15, -0.1) is 0 Å². The fraction of sp³-hybridized carbons (Fsp3) is 0.273. The Hall–Kier alpha value is -3.46. The largest absolute Gasteiger partial charge is 0.493 e. The average molecular weight is 439 g/mol. The molecule has 0 bridgehead atoms. The van der Waals surface area contributed by atoms with Crippen molar-refractivity contribution in [2.75, 3.05) is 26.1 Å². The van der Waals surface area contributed by atoms with Gasteiger partial charge in [-0.2, -0.15) is 0 Å². The Balaban J connectivity index is 1.43. The molecule has 0 radical (unpaired) electrons. The smallest absolute Gasteiger partial charge is 0.249 e. The van der Waals surface area contributed by atoms with Crippen LogP contribution in [-0.4, -0.2) is 42.1 Å². The molecule has 1 aromatic heterocycles. The Labute approximate surface area is 184 Å². The summed E-state index contributed by atoms with van der Waals surface area (Å²) in [5.74, 6) is 1.38. The van der Waals surface area contributed by atoms with Gasteiger partial charge in [0.2, 0.25) is 16.6 Å². The van der Waals surface area contributed by atoms with E-state index >= 15 is 0 Å². The van der Waals surface area contributed by atoms with Gasteiger partial charge in [-0.3, -0.25) is 14.2 Å². The highest BCUT2D eigenvalue weighted by molar-refractivity contribution is 7.71. The molecule has 3 aromatic rings. The predicted octanol–water partition coefficient (Wildman–Crippen LogP) is 3.03. The summed E-state index contributed by atoms with van der Waals surface area (Å²) in [5.41, 5.74) is 1.71. The normalized spacial score (nSPS) is 14.8. The third-order valence-corrected chi connectivity index (χ3v) is 5.53. The average Bonchev–Trinajstić information content (AvgIpc) is 3.10. The van der Waals surface area contributed by atoms with Crippen molar-refractivity contribution in [1.82, 2.24) is 14.9 Å². The third-order valence-electron chi connectivity index (χ3n) is 5.24. The molecule has 31 heavy (non-hydrogen) atoms. The van der Waals surface area contributed by atoms with E-state index in [0.717, 1.165) is 10.9 Å². The van der Waals surface area contributed by atoms with E-state index in [2.05, 4.69) is 15.6 Å². The zero-order chi connectivity index (χ0) is 22.0. The highest BCUT2D eigenvalue weighted by atomic mass is 32.1. The topological polar surface area (TPSA) is 94.5 Å². The highest BCUT2D eigenvalue weighted by Gasteiger charge is 2.33. The maximum Gasteiger partial charge on any atom is 0.249 e. The molecule has 1 aliphatic heterocycles. The SMILES string of the molecule is COc1ccc(CCNC(=O)CC2C(=O)Nc3c4ccccc4nc(=S)n32)cc1OC. The van der Waals surface area contributed by atoms with E-state index in [4.69, 9.17) is 21.7 Å². The number of carbonyl (C=O) groups is 2. The van der Waals surface area contributed by atoms with Crippen molar-refractivity contribution < 1.29 is 19.1 Å². The van der Waals surface area contributed by atoms with Gasteiger partial charge in [-0.25, -0.2) is 4.98 Å². The molecule has 2 N–H and O–H groups in total. The van der Waals surface area contributed by atoms with Gasteiger partial charge in [-0.05, 0) is 48.5 Å². The first-order valence-electron chi connectivity index (χ1n) is 9.81. The Morgan fingerprint density at radius 1 is 1.19 bits per heavy atom. The van der Waals surface area contributed by atoms with Crippen molar-refractivity contribution in [3.05, 3.63) is 52.8 Å². The van der Waals surface area contributed by atoms with Gasteiger partial charge in [-0.1, -0.05) is 18.2 Å². The monoisotopic (exact) mass is 438 g/mol. The molecule has 2 aromatic carbocycles. The van der Waals surface area contributed by atoms with Gasteiger partial charge >= 0.3 is 0 Å². The van der Waals surface area contributed by atoms with Crippen LogP contribution < -0.4 is 20.1 Å². The van der Waals surface area contributed by atoms with Gasteiger partial charge in [0.15, 0.2) is 11.5 Å². The lowest BCUT2D eigenvalue weighted by atomic mass is 10.1. The Kier molecular flexibility index (Phi) is 5.85. The number of fused-ring (bicyclic) bond motifs is 3. The molecule has 0 aliphatic carbocycles.